The van der Waals surface area contributed by atoms with Crippen LogP contribution in [-0.4, -0.2) is 120 Å². The van der Waals surface area contributed by atoms with Gasteiger partial charge in [-0.15, -0.1) is 0 Å². The summed E-state index contributed by atoms with van der Waals surface area (Å²) < 4.78 is 34.8. The number of aryl methyl sites for hydroxylation is 1. The molecule has 0 spiro atoms. The van der Waals surface area contributed by atoms with Crippen molar-refractivity contribution in [2.75, 3.05) is 95.0 Å². The molecule has 4 aromatic carbocycles. The van der Waals surface area contributed by atoms with Crippen LogP contribution in [0.3, 0.4) is 0 Å². The maximum Gasteiger partial charge on any atom is 0.165 e. The van der Waals surface area contributed by atoms with Gasteiger partial charge in [0.05, 0.1) is 47.5 Å². The van der Waals surface area contributed by atoms with Crippen LogP contribution in [0, 0.1) is 10.7 Å². The van der Waals surface area contributed by atoms with Crippen LogP contribution in [0.25, 0.3) is 21.6 Å². The lowest BCUT2D eigenvalue weighted by Crippen LogP contribution is -2.45. The molecular formula is C46H56N4O7S3. The zero-order valence-electron chi connectivity index (χ0n) is 35.7. The molecule has 1 N–H and O–H groups in total. The number of aromatic hydroxyl groups is 1. The minimum Gasteiger partial charge on any atom is -0.507 e. The van der Waals surface area contributed by atoms with Crippen LogP contribution in [0.15, 0.2) is 60.7 Å². The first kappa shape index (κ1) is 43.7. The van der Waals surface area contributed by atoms with Gasteiger partial charge >= 0.3 is 0 Å². The zero-order valence-corrected chi connectivity index (χ0v) is 38.1. The van der Waals surface area contributed by atoms with E-state index in [1.54, 1.807) is 63.3 Å². The van der Waals surface area contributed by atoms with Crippen LogP contribution < -0.4 is 28.4 Å². The second-order valence-electron chi connectivity index (χ2n) is 15.3. The number of rotatable bonds is 16. The molecule has 320 valence electrons. The summed E-state index contributed by atoms with van der Waals surface area (Å²) in [5.74, 6) is 4.64. The van der Waals surface area contributed by atoms with Crippen molar-refractivity contribution in [2.45, 2.75) is 33.1 Å². The molecule has 14 heteroatoms. The van der Waals surface area contributed by atoms with Crippen molar-refractivity contribution >= 4 is 32.9 Å². The van der Waals surface area contributed by atoms with Gasteiger partial charge < -0.3 is 33.5 Å². The van der Waals surface area contributed by atoms with Gasteiger partial charge in [-0.05, 0) is 42.3 Å². The molecule has 0 bridgehead atoms. The summed E-state index contributed by atoms with van der Waals surface area (Å²) in [7, 11) is 13.3. The number of hydrogen-bond acceptors (Lipinski definition) is 14. The summed E-state index contributed by atoms with van der Waals surface area (Å²) in [5.41, 5.74) is 8.46. The molecule has 0 saturated carbocycles. The molecule has 2 fully saturated rings. The fourth-order valence-electron chi connectivity index (χ4n) is 8.23. The average Bonchev–Trinajstić information content (AvgIpc) is 3.66. The van der Waals surface area contributed by atoms with Gasteiger partial charge in [-0.25, -0.2) is 0 Å². The molecule has 7 rings (SSSR count). The van der Waals surface area contributed by atoms with Gasteiger partial charge in [-0.2, -0.15) is 0 Å². The van der Waals surface area contributed by atoms with Gasteiger partial charge in [0.25, 0.3) is 0 Å². The first-order chi connectivity index (χ1) is 29.1. The van der Waals surface area contributed by atoms with E-state index in [0.717, 1.165) is 136 Å². The third-order valence-corrected chi connectivity index (χ3v) is 14.6. The number of ether oxygens (including phenoxy) is 6. The van der Waals surface area contributed by atoms with Crippen molar-refractivity contribution in [2.24, 2.45) is 0 Å². The molecule has 11 nitrogen and oxygen atoms in total. The van der Waals surface area contributed by atoms with E-state index in [2.05, 4.69) is 62.9 Å². The second-order valence-corrected chi connectivity index (χ2v) is 18.1. The first-order valence-corrected chi connectivity index (χ1v) is 22.7. The summed E-state index contributed by atoms with van der Waals surface area (Å²) in [4.78, 5) is 10.9. The topological polar surface area (TPSA) is 88.6 Å². The number of hydrogen-bond donors (Lipinski definition) is 1. The van der Waals surface area contributed by atoms with Crippen molar-refractivity contribution in [1.29, 1.82) is 0 Å². The lowest BCUT2D eigenvalue weighted by molar-refractivity contribution is 0.118. The minimum atomic E-state index is 0.376. The maximum atomic E-state index is 12.1. The minimum absolute atomic E-state index is 0.376. The standard InChI is InChI=1S/C46H56N4O7S3/c1-30-8-10-31(11-9-30)41-45(59-60-46(41)58)32-20-33(26-47-12-16-49(17-13-47)28-35-22-37(52-2)24-39(54-4)43(35)56-6)42(51)34(21-32)27-48-14-18-50(19-15-48)29-36-23-38(53-3)25-40(55-5)44(36)57-7/h8-11,20-25,51H,12-19,26-29H2,1-7H3. The predicted octanol–water partition coefficient (Wildman–Crippen LogP) is 8.57. The normalized spacial score (nSPS) is 15.5. The molecule has 5 aromatic rings. The van der Waals surface area contributed by atoms with Crippen molar-refractivity contribution in [3.8, 4) is 61.8 Å². The van der Waals surface area contributed by atoms with Crippen LogP contribution in [0.5, 0.6) is 40.2 Å². The molecule has 0 unspecified atom stereocenters. The van der Waals surface area contributed by atoms with Gasteiger partial charge in [0.1, 0.15) is 21.1 Å². The number of piperazine rings is 2. The van der Waals surface area contributed by atoms with Crippen molar-refractivity contribution in [3.05, 3.63) is 92.3 Å². The Morgan fingerprint density at radius 1 is 0.517 bits per heavy atom. The fraction of sp³-hybridized carbons (Fsp3) is 0.413. The summed E-state index contributed by atoms with van der Waals surface area (Å²) in [6.07, 6.45) is 0. The Kier molecular flexibility index (Phi) is 14.5. The highest BCUT2D eigenvalue weighted by Crippen LogP contribution is 2.44. The average molecular weight is 873 g/mol. The van der Waals surface area contributed by atoms with E-state index < -0.39 is 0 Å². The van der Waals surface area contributed by atoms with Crippen LogP contribution in [-0.2, 0) is 26.2 Å². The zero-order chi connectivity index (χ0) is 42.3. The monoisotopic (exact) mass is 872 g/mol. The largest absolute Gasteiger partial charge is 0.507 e. The fourth-order valence-corrected chi connectivity index (χ4v) is 11.1. The Bertz CT molecular complexity index is 2190. The highest BCUT2D eigenvalue weighted by Gasteiger charge is 2.26. The SMILES string of the molecule is COc1cc(CN2CCN(Cc3cc(-c4ssc(=S)c4-c4ccc(C)cc4)cc(CN4CCN(Cc5cc(OC)cc(OC)c5OC)CC4)c3O)CC2)c(OC)c(OC)c1. The van der Waals surface area contributed by atoms with Crippen LogP contribution in [0.4, 0.5) is 0 Å². The van der Waals surface area contributed by atoms with E-state index in [9.17, 15) is 5.11 Å². The molecule has 1 aromatic heterocycles. The van der Waals surface area contributed by atoms with E-state index in [1.807, 2.05) is 24.3 Å². The molecular weight excluding hydrogens is 817 g/mol. The lowest BCUT2D eigenvalue weighted by atomic mass is 9.97. The van der Waals surface area contributed by atoms with Crippen molar-refractivity contribution < 1.29 is 33.5 Å². The lowest BCUT2D eigenvalue weighted by Gasteiger charge is -2.36. The molecule has 0 aliphatic carbocycles. The number of methoxy groups -OCH3 is 6. The molecule has 2 aliphatic heterocycles. The number of phenolic OH excluding ortho intramolecular Hbond substituents is 1. The van der Waals surface area contributed by atoms with E-state index in [0.29, 0.717) is 30.3 Å². The molecule has 0 amide bonds. The summed E-state index contributed by atoms with van der Waals surface area (Å²) in [6, 6.07) is 20.8. The molecule has 60 heavy (non-hydrogen) atoms. The Labute approximate surface area is 366 Å². The third-order valence-electron chi connectivity index (χ3n) is 11.5. The third kappa shape index (κ3) is 9.86. The van der Waals surface area contributed by atoms with Crippen LogP contribution in [0.2, 0.25) is 0 Å². The van der Waals surface area contributed by atoms with E-state index in [4.69, 9.17) is 40.6 Å². The molecule has 3 heterocycles. The Hall–Kier alpha value is -4.41. The van der Waals surface area contributed by atoms with Crippen molar-refractivity contribution in [1.82, 2.24) is 19.6 Å². The van der Waals surface area contributed by atoms with Gasteiger partial charge in [0, 0.05) is 118 Å². The Morgan fingerprint density at radius 3 is 1.32 bits per heavy atom. The Balaban J connectivity index is 1.10. The number of phenols is 1. The molecule has 0 atom stereocenters. The highest BCUT2D eigenvalue weighted by molar-refractivity contribution is 7.80. The maximum absolute atomic E-state index is 12.1. The van der Waals surface area contributed by atoms with Gasteiger partial charge in [-0.1, -0.05) is 62.7 Å². The number of benzene rings is 4. The van der Waals surface area contributed by atoms with Crippen LogP contribution in [0.1, 0.15) is 27.8 Å². The second kappa shape index (κ2) is 20.0. The number of nitrogens with zero attached hydrogens (tertiary/aromatic N) is 4. The van der Waals surface area contributed by atoms with Crippen LogP contribution >= 0.6 is 32.9 Å². The summed E-state index contributed by atoms with van der Waals surface area (Å²) in [5, 5.41) is 12.1. The summed E-state index contributed by atoms with van der Waals surface area (Å²) >= 11 is 5.95. The molecule has 2 saturated heterocycles. The predicted molar refractivity (Wildman–Crippen MR) is 244 cm³/mol. The van der Waals surface area contributed by atoms with E-state index >= 15 is 0 Å². The summed E-state index contributed by atoms with van der Waals surface area (Å²) in [6.45, 7) is 11.8. The van der Waals surface area contributed by atoms with Gasteiger partial charge in [0.15, 0.2) is 23.0 Å². The quantitative estimate of drug-likeness (QED) is 0.0762. The van der Waals surface area contributed by atoms with Crippen molar-refractivity contribution in [3.63, 3.8) is 0 Å². The molecule has 0 radical (unpaired) electrons. The van der Waals surface area contributed by atoms with Gasteiger partial charge in [0.2, 0.25) is 0 Å². The Morgan fingerprint density at radius 2 is 0.933 bits per heavy atom. The highest BCUT2D eigenvalue weighted by atomic mass is 32.9. The smallest absolute Gasteiger partial charge is 0.165 e. The van der Waals surface area contributed by atoms with Gasteiger partial charge in [-0.3, -0.25) is 19.6 Å². The molecule has 2 aliphatic rings. The first-order valence-electron chi connectivity index (χ1n) is 20.2. The van der Waals surface area contributed by atoms with E-state index in [1.165, 1.54) is 5.56 Å². The van der Waals surface area contributed by atoms with E-state index in [-0.39, 0.29) is 0 Å².